The van der Waals surface area contributed by atoms with Gasteiger partial charge in [0.25, 0.3) is 0 Å². The summed E-state index contributed by atoms with van der Waals surface area (Å²) in [6.45, 7) is 5.10. The largest absolute Gasteiger partial charge is 0.366 e. The lowest BCUT2D eigenvalue weighted by Gasteiger charge is -2.27. The fourth-order valence-corrected chi connectivity index (χ4v) is 3.68. The first-order valence-electron chi connectivity index (χ1n) is 8.42. The lowest BCUT2D eigenvalue weighted by atomic mass is 10.1. The number of hydrogen-bond acceptors (Lipinski definition) is 2. The van der Waals surface area contributed by atoms with E-state index in [2.05, 4.69) is 41.0 Å². The number of fused-ring (bicyclic) bond motifs is 3. The van der Waals surface area contributed by atoms with Gasteiger partial charge in [0.15, 0.2) is 0 Å². The van der Waals surface area contributed by atoms with E-state index in [1.54, 1.807) is 0 Å². The molecule has 0 aromatic heterocycles. The number of carbonyl (C=O) groups excluding carboxylic acids is 1. The van der Waals surface area contributed by atoms with Crippen molar-refractivity contribution in [2.45, 2.75) is 51.5 Å². The SMILES string of the molecule is CCCCCC(=O)N1CCCN2c3ccccc3CC2C1. The summed E-state index contributed by atoms with van der Waals surface area (Å²) in [4.78, 5) is 17.0. The van der Waals surface area contributed by atoms with Gasteiger partial charge in [0.2, 0.25) is 5.91 Å². The summed E-state index contributed by atoms with van der Waals surface area (Å²) in [5, 5.41) is 0. The van der Waals surface area contributed by atoms with Crippen molar-refractivity contribution in [2.24, 2.45) is 0 Å². The minimum Gasteiger partial charge on any atom is -0.366 e. The molecule has 0 radical (unpaired) electrons. The summed E-state index contributed by atoms with van der Waals surface area (Å²) in [5.41, 5.74) is 2.84. The molecule has 1 atom stereocenters. The number of para-hydroxylation sites is 1. The van der Waals surface area contributed by atoms with E-state index >= 15 is 0 Å². The molecule has 3 heteroatoms. The first-order valence-corrected chi connectivity index (χ1v) is 8.42. The lowest BCUT2D eigenvalue weighted by molar-refractivity contribution is -0.131. The fourth-order valence-electron chi connectivity index (χ4n) is 3.68. The molecule has 3 nitrogen and oxygen atoms in total. The number of hydrogen-bond donors (Lipinski definition) is 0. The molecule has 0 N–H and O–H groups in total. The van der Waals surface area contributed by atoms with Gasteiger partial charge < -0.3 is 9.80 Å². The highest BCUT2D eigenvalue weighted by Gasteiger charge is 2.33. The van der Waals surface area contributed by atoms with E-state index in [0.29, 0.717) is 11.9 Å². The van der Waals surface area contributed by atoms with Gasteiger partial charge in [-0.15, -0.1) is 0 Å². The van der Waals surface area contributed by atoms with Crippen molar-refractivity contribution in [3.05, 3.63) is 29.8 Å². The highest BCUT2D eigenvalue weighted by atomic mass is 16.2. The molecular formula is C18H26N2O. The zero-order valence-corrected chi connectivity index (χ0v) is 13.1. The van der Waals surface area contributed by atoms with Gasteiger partial charge in [-0.25, -0.2) is 0 Å². The van der Waals surface area contributed by atoms with E-state index in [1.165, 1.54) is 24.1 Å². The van der Waals surface area contributed by atoms with Gasteiger partial charge >= 0.3 is 0 Å². The van der Waals surface area contributed by atoms with Crippen LogP contribution in [0.1, 0.15) is 44.6 Å². The van der Waals surface area contributed by atoms with Crippen LogP contribution in [0.5, 0.6) is 0 Å². The van der Waals surface area contributed by atoms with Gasteiger partial charge in [0.1, 0.15) is 0 Å². The van der Waals surface area contributed by atoms with E-state index in [1.807, 2.05) is 0 Å². The maximum atomic E-state index is 12.4. The van der Waals surface area contributed by atoms with Gasteiger partial charge in [-0.05, 0) is 30.9 Å². The minimum atomic E-state index is 0.362. The molecule has 2 aliphatic rings. The molecule has 1 unspecified atom stereocenters. The number of nitrogens with zero attached hydrogens (tertiary/aromatic N) is 2. The van der Waals surface area contributed by atoms with Crippen molar-refractivity contribution in [1.29, 1.82) is 0 Å². The number of amides is 1. The van der Waals surface area contributed by atoms with Crippen LogP contribution in [0.15, 0.2) is 24.3 Å². The quantitative estimate of drug-likeness (QED) is 0.793. The summed E-state index contributed by atoms with van der Waals surface area (Å²) in [5.74, 6) is 0.362. The fraction of sp³-hybridized carbons (Fsp3) is 0.611. The molecule has 2 heterocycles. The minimum absolute atomic E-state index is 0.362. The summed E-state index contributed by atoms with van der Waals surface area (Å²) in [6.07, 6.45) is 6.30. The van der Waals surface area contributed by atoms with Gasteiger partial charge in [0.05, 0.1) is 6.04 Å². The molecule has 3 rings (SSSR count). The Kier molecular flexibility index (Phi) is 4.47. The average molecular weight is 286 g/mol. The zero-order chi connectivity index (χ0) is 14.7. The first-order chi connectivity index (χ1) is 10.3. The van der Waals surface area contributed by atoms with Gasteiger partial charge in [-0.1, -0.05) is 38.0 Å². The highest BCUT2D eigenvalue weighted by Crippen LogP contribution is 2.33. The van der Waals surface area contributed by atoms with Gasteiger partial charge in [-0.3, -0.25) is 4.79 Å². The zero-order valence-electron chi connectivity index (χ0n) is 13.1. The smallest absolute Gasteiger partial charge is 0.222 e. The Bertz CT molecular complexity index is 500. The second-order valence-electron chi connectivity index (χ2n) is 6.33. The molecule has 2 aliphatic heterocycles. The van der Waals surface area contributed by atoms with Crippen molar-refractivity contribution >= 4 is 11.6 Å². The van der Waals surface area contributed by atoms with E-state index in [-0.39, 0.29) is 0 Å². The third-order valence-corrected chi connectivity index (χ3v) is 4.80. The molecule has 0 aliphatic carbocycles. The topological polar surface area (TPSA) is 23.6 Å². The Hall–Kier alpha value is -1.51. The van der Waals surface area contributed by atoms with Crippen molar-refractivity contribution < 1.29 is 4.79 Å². The number of carbonyl (C=O) groups is 1. The molecule has 21 heavy (non-hydrogen) atoms. The molecule has 0 bridgehead atoms. The number of rotatable bonds is 4. The molecule has 114 valence electrons. The Morgan fingerprint density at radius 2 is 2.10 bits per heavy atom. The molecular weight excluding hydrogens is 260 g/mol. The lowest BCUT2D eigenvalue weighted by Crippen LogP contribution is -2.41. The van der Waals surface area contributed by atoms with Crippen LogP contribution in [0.2, 0.25) is 0 Å². The van der Waals surface area contributed by atoms with Crippen LogP contribution < -0.4 is 4.90 Å². The Morgan fingerprint density at radius 1 is 1.24 bits per heavy atom. The van der Waals surface area contributed by atoms with Crippen LogP contribution in [0.3, 0.4) is 0 Å². The molecule has 0 spiro atoms. The summed E-state index contributed by atoms with van der Waals surface area (Å²) >= 11 is 0. The summed E-state index contributed by atoms with van der Waals surface area (Å²) < 4.78 is 0. The van der Waals surface area contributed by atoms with Crippen LogP contribution in [-0.4, -0.2) is 36.5 Å². The first kappa shape index (κ1) is 14.4. The van der Waals surface area contributed by atoms with E-state index in [9.17, 15) is 4.79 Å². The van der Waals surface area contributed by atoms with Crippen molar-refractivity contribution in [2.75, 3.05) is 24.5 Å². The molecule has 1 amide bonds. The average Bonchev–Trinajstić information content (AvgIpc) is 2.70. The predicted octanol–water partition coefficient (Wildman–Crippen LogP) is 3.23. The van der Waals surface area contributed by atoms with Crippen LogP contribution in [-0.2, 0) is 11.2 Å². The van der Waals surface area contributed by atoms with Crippen LogP contribution >= 0.6 is 0 Å². The van der Waals surface area contributed by atoms with Gasteiger partial charge in [0, 0.05) is 31.7 Å². The van der Waals surface area contributed by atoms with Crippen molar-refractivity contribution in [3.8, 4) is 0 Å². The second kappa shape index (κ2) is 6.50. The van der Waals surface area contributed by atoms with Crippen LogP contribution in [0.4, 0.5) is 5.69 Å². The molecule has 1 fully saturated rings. The Labute approximate surface area is 127 Å². The van der Waals surface area contributed by atoms with Crippen LogP contribution in [0.25, 0.3) is 0 Å². The third-order valence-electron chi connectivity index (χ3n) is 4.80. The second-order valence-corrected chi connectivity index (χ2v) is 6.33. The van der Waals surface area contributed by atoms with Crippen molar-refractivity contribution in [1.82, 2.24) is 4.90 Å². The van der Waals surface area contributed by atoms with E-state index < -0.39 is 0 Å². The van der Waals surface area contributed by atoms with Gasteiger partial charge in [-0.2, -0.15) is 0 Å². The van der Waals surface area contributed by atoms with E-state index in [0.717, 1.165) is 45.3 Å². The molecule has 0 saturated carbocycles. The normalized spacial score (nSPS) is 20.9. The summed E-state index contributed by atoms with van der Waals surface area (Å²) in [7, 11) is 0. The monoisotopic (exact) mass is 286 g/mol. The number of anilines is 1. The molecule has 1 saturated heterocycles. The maximum Gasteiger partial charge on any atom is 0.222 e. The Balaban J connectivity index is 1.64. The molecule has 1 aromatic carbocycles. The standard InChI is InChI=1S/C18H26N2O/c1-2-3-4-10-18(21)19-11-7-12-20-16(14-19)13-15-8-5-6-9-17(15)20/h5-6,8-9,16H,2-4,7,10-14H2,1H3. The Morgan fingerprint density at radius 3 is 2.95 bits per heavy atom. The third kappa shape index (κ3) is 3.07. The predicted molar refractivity (Wildman–Crippen MR) is 86.6 cm³/mol. The highest BCUT2D eigenvalue weighted by molar-refractivity contribution is 5.76. The number of unbranched alkanes of at least 4 members (excludes halogenated alkanes) is 2. The van der Waals surface area contributed by atoms with E-state index in [4.69, 9.17) is 0 Å². The number of benzene rings is 1. The van der Waals surface area contributed by atoms with Crippen molar-refractivity contribution in [3.63, 3.8) is 0 Å². The maximum absolute atomic E-state index is 12.4. The molecule has 1 aromatic rings. The summed E-state index contributed by atoms with van der Waals surface area (Å²) in [6, 6.07) is 9.20. The van der Waals surface area contributed by atoms with Crippen LogP contribution in [0, 0.1) is 0 Å².